The number of carbonyl (C=O) groups excluding carboxylic acids is 1. The van der Waals surface area contributed by atoms with E-state index in [1.807, 2.05) is 11.8 Å². The maximum absolute atomic E-state index is 12.6. The molecular weight excluding hydrogens is 270 g/mol. The van der Waals surface area contributed by atoms with Gasteiger partial charge in [-0.3, -0.25) is 4.79 Å². The van der Waals surface area contributed by atoms with Gasteiger partial charge in [-0.25, -0.2) is 4.98 Å². The largest absolute Gasteiger partial charge is 0.338 e. The summed E-state index contributed by atoms with van der Waals surface area (Å²) in [5, 5.41) is 1.18. The fraction of sp³-hybridized carbons (Fsp3) is 0.733. The molecule has 0 aromatic carbocycles. The minimum Gasteiger partial charge on any atom is -0.338 e. The van der Waals surface area contributed by atoms with Crippen LogP contribution >= 0.6 is 11.3 Å². The second-order valence-corrected chi connectivity index (χ2v) is 7.12. The van der Waals surface area contributed by atoms with Crippen LogP contribution in [0.1, 0.15) is 58.4 Å². The molecular formula is C15H23N3OS. The van der Waals surface area contributed by atoms with Crippen LogP contribution in [0.5, 0.6) is 0 Å². The molecule has 0 spiro atoms. The van der Waals surface area contributed by atoms with E-state index in [1.165, 1.54) is 30.7 Å². The van der Waals surface area contributed by atoms with E-state index in [4.69, 9.17) is 5.73 Å². The summed E-state index contributed by atoms with van der Waals surface area (Å²) in [6, 6.07) is 0. The highest BCUT2D eigenvalue weighted by atomic mass is 32.1. The molecule has 4 nitrogen and oxygen atoms in total. The zero-order valence-corrected chi connectivity index (χ0v) is 12.9. The quantitative estimate of drug-likeness (QED) is 0.931. The van der Waals surface area contributed by atoms with Gasteiger partial charge in [-0.1, -0.05) is 12.8 Å². The predicted octanol–water partition coefficient (Wildman–Crippen LogP) is 2.53. The summed E-state index contributed by atoms with van der Waals surface area (Å²) < 4.78 is 0. The van der Waals surface area contributed by atoms with Gasteiger partial charge in [0.15, 0.2) is 0 Å². The molecule has 1 aliphatic carbocycles. The number of rotatable bonds is 3. The lowest BCUT2D eigenvalue weighted by Gasteiger charge is -2.15. The first kappa shape index (κ1) is 14.0. The summed E-state index contributed by atoms with van der Waals surface area (Å²) in [4.78, 5) is 20.1. The second kappa shape index (κ2) is 5.82. The third kappa shape index (κ3) is 2.61. The maximum atomic E-state index is 12.6. The van der Waals surface area contributed by atoms with Crippen LogP contribution in [0.25, 0.3) is 0 Å². The Labute approximate surface area is 124 Å². The van der Waals surface area contributed by atoms with Crippen LogP contribution in [0.3, 0.4) is 0 Å². The van der Waals surface area contributed by atoms with Gasteiger partial charge in [0.2, 0.25) is 0 Å². The Balaban J connectivity index is 1.74. The lowest BCUT2D eigenvalue weighted by Crippen LogP contribution is -2.29. The maximum Gasteiger partial charge on any atom is 0.265 e. The number of likely N-dealkylation sites (tertiary alicyclic amines) is 1. The van der Waals surface area contributed by atoms with E-state index >= 15 is 0 Å². The summed E-state index contributed by atoms with van der Waals surface area (Å²) in [6.07, 6.45) is 6.11. The summed E-state index contributed by atoms with van der Waals surface area (Å²) in [5.74, 6) is 1.23. The highest BCUT2D eigenvalue weighted by Crippen LogP contribution is 2.37. The van der Waals surface area contributed by atoms with Gasteiger partial charge in [-0.2, -0.15) is 0 Å². The van der Waals surface area contributed by atoms with Crippen molar-refractivity contribution < 1.29 is 4.79 Å². The molecule has 20 heavy (non-hydrogen) atoms. The first-order valence-corrected chi connectivity index (χ1v) is 8.47. The molecule has 5 heteroatoms. The standard InChI is InChI=1S/C15H23N3OS/c1-10-13(15(19)18-7-6-11(8-16)9-18)20-14(17-10)12-4-2-3-5-12/h11-12H,2-9,16H2,1H3. The zero-order chi connectivity index (χ0) is 14.1. The van der Waals surface area contributed by atoms with Crippen LogP contribution < -0.4 is 5.73 Å². The number of nitrogens with zero attached hydrogens (tertiary/aromatic N) is 2. The van der Waals surface area contributed by atoms with Crippen LogP contribution in [0.4, 0.5) is 0 Å². The van der Waals surface area contributed by atoms with Crippen molar-refractivity contribution in [3.63, 3.8) is 0 Å². The molecule has 2 aliphatic rings. The van der Waals surface area contributed by atoms with E-state index < -0.39 is 0 Å². The average molecular weight is 293 g/mol. The molecule has 2 N–H and O–H groups in total. The van der Waals surface area contributed by atoms with E-state index in [9.17, 15) is 4.79 Å². The van der Waals surface area contributed by atoms with Crippen molar-refractivity contribution in [3.05, 3.63) is 15.6 Å². The normalized spacial score (nSPS) is 23.7. The van der Waals surface area contributed by atoms with Gasteiger partial charge in [0.25, 0.3) is 5.91 Å². The van der Waals surface area contributed by atoms with E-state index in [2.05, 4.69) is 4.98 Å². The third-order valence-corrected chi connectivity index (χ3v) is 5.93. The Bertz CT molecular complexity index is 493. The Kier molecular flexibility index (Phi) is 4.08. The average Bonchev–Trinajstić information content (AvgIpc) is 3.18. The number of aryl methyl sites for hydroxylation is 1. The Morgan fingerprint density at radius 3 is 2.80 bits per heavy atom. The predicted molar refractivity (Wildman–Crippen MR) is 81.1 cm³/mol. The van der Waals surface area contributed by atoms with Gasteiger partial charge in [0.1, 0.15) is 4.88 Å². The molecule has 1 aliphatic heterocycles. The highest BCUT2D eigenvalue weighted by Gasteiger charge is 2.30. The van der Waals surface area contributed by atoms with Crippen LogP contribution in [0, 0.1) is 12.8 Å². The number of nitrogens with two attached hydrogens (primary N) is 1. The first-order chi connectivity index (χ1) is 9.69. The fourth-order valence-corrected chi connectivity index (χ4v) is 4.52. The van der Waals surface area contributed by atoms with Crippen molar-refractivity contribution in [2.24, 2.45) is 11.7 Å². The molecule has 1 atom stereocenters. The monoisotopic (exact) mass is 293 g/mol. The summed E-state index contributed by atoms with van der Waals surface area (Å²) in [6.45, 7) is 4.31. The molecule has 2 fully saturated rings. The molecule has 0 bridgehead atoms. The van der Waals surface area contributed by atoms with Crippen LogP contribution in [-0.4, -0.2) is 35.4 Å². The minimum atomic E-state index is 0.167. The Hall–Kier alpha value is -0.940. The van der Waals surface area contributed by atoms with Crippen molar-refractivity contribution in [1.29, 1.82) is 0 Å². The minimum absolute atomic E-state index is 0.167. The molecule has 1 aromatic rings. The Morgan fingerprint density at radius 2 is 2.15 bits per heavy atom. The van der Waals surface area contributed by atoms with Crippen LogP contribution in [-0.2, 0) is 0 Å². The highest BCUT2D eigenvalue weighted by molar-refractivity contribution is 7.13. The lowest BCUT2D eigenvalue weighted by atomic mass is 10.1. The van der Waals surface area contributed by atoms with Crippen LogP contribution in [0.2, 0.25) is 0 Å². The summed E-state index contributed by atoms with van der Waals surface area (Å²) >= 11 is 1.63. The fourth-order valence-electron chi connectivity index (χ4n) is 3.32. The van der Waals surface area contributed by atoms with Crippen molar-refractivity contribution in [1.82, 2.24) is 9.88 Å². The number of hydrogen-bond acceptors (Lipinski definition) is 4. The molecule has 0 radical (unpaired) electrons. The molecule has 110 valence electrons. The molecule has 1 saturated heterocycles. The molecule has 1 aromatic heterocycles. The number of hydrogen-bond donors (Lipinski definition) is 1. The second-order valence-electron chi connectivity index (χ2n) is 6.09. The number of aromatic nitrogens is 1. The number of carbonyl (C=O) groups is 1. The van der Waals surface area contributed by atoms with Crippen molar-refractivity contribution >= 4 is 17.2 Å². The van der Waals surface area contributed by atoms with E-state index in [1.54, 1.807) is 11.3 Å². The zero-order valence-electron chi connectivity index (χ0n) is 12.1. The van der Waals surface area contributed by atoms with Crippen LogP contribution in [0.15, 0.2) is 0 Å². The molecule has 1 amide bonds. The van der Waals surface area contributed by atoms with Crippen molar-refractivity contribution in [3.8, 4) is 0 Å². The Morgan fingerprint density at radius 1 is 1.40 bits per heavy atom. The van der Waals surface area contributed by atoms with E-state index in [-0.39, 0.29) is 5.91 Å². The molecule has 1 saturated carbocycles. The molecule has 2 heterocycles. The topological polar surface area (TPSA) is 59.2 Å². The van der Waals surface area contributed by atoms with Gasteiger partial charge >= 0.3 is 0 Å². The van der Waals surface area contributed by atoms with Gasteiger partial charge in [0, 0.05) is 19.0 Å². The van der Waals surface area contributed by atoms with E-state index in [0.29, 0.717) is 18.4 Å². The van der Waals surface area contributed by atoms with Crippen molar-refractivity contribution in [2.75, 3.05) is 19.6 Å². The van der Waals surface area contributed by atoms with Gasteiger partial charge in [0.05, 0.1) is 10.7 Å². The summed E-state index contributed by atoms with van der Waals surface area (Å²) in [7, 11) is 0. The number of amides is 1. The van der Waals surface area contributed by atoms with Gasteiger partial charge < -0.3 is 10.6 Å². The SMILES string of the molecule is Cc1nc(C2CCCC2)sc1C(=O)N1CCC(CN)C1. The van der Waals surface area contributed by atoms with E-state index in [0.717, 1.165) is 30.1 Å². The third-order valence-electron chi connectivity index (χ3n) is 4.62. The first-order valence-electron chi connectivity index (χ1n) is 7.65. The molecule has 3 rings (SSSR count). The smallest absolute Gasteiger partial charge is 0.265 e. The van der Waals surface area contributed by atoms with Gasteiger partial charge in [-0.05, 0) is 38.6 Å². The summed E-state index contributed by atoms with van der Waals surface area (Å²) in [5.41, 5.74) is 6.62. The van der Waals surface area contributed by atoms with Crippen molar-refractivity contribution in [2.45, 2.75) is 44.9 Å². The lowest BCUT2D eigenvalue weighted by molar-refractivity contribution is 0.0791. The van der Waals surface area contributed by atoms with Gasteiger partial charge in [-0.15, -0.1) is 11.3 Å². The number of thiazole rings is 1. The molecule has 1 unspecified atom stereocenters.